The van der Waals surface area contributed by atoms with Gasteiger partial charge >= 0.3 is 0 Å². The van der Waals surface area contributed by atoms with Gasteiger partial charge in [0.25, 0.3) is 0 Å². The fraction of sp³-hybridized carbons (Fsp3) is 0.615. The Kier molecular flexibility index (Phi) is 3.34. The van der Waals surface area contributed by atoms with Gasteiger partial charge in [-0.1, -0.05) is 0 Å². The van der Waals surface area contributed by atoms with Gasteiger partial charge in [0.1, 0.15) is 5.82 Å². The van der Waals surface area contributed by atoms with Crippen molar-refractivity contribution in [3.05, 3.63) is 22.3 Å². The van der Waals surface area contributed by atoms with Crippen LogP contribution in [-0.4, -0.2) is 30.7 Å². The van der Waals surface area contributed by atoms with Crippen LogP contribution in [0.25, 0.3) is 0 Å². The lowest BCUT2D eigenvalue weighted by atomic mass is 9.99. The van der Waals surface area contributed by atoms with Crippen molar-refractivity contribution in [2.24, 2.45) is 0 Å². The molecule has 3 heterocycles. The minimum absolute atomic E-state index is 0.684. The van der Waals surface area contributed by atoms with Crippen molar-refractivity contribution >= 4 is 21.7 Å². The fourth-order valence-electron chi connectivity index (χ4n) is 2.94. The van der Waals surface area contributed by atoms with Crippen molar-refractivity contribution in [1.82, 2.24) is 10.3 Å². The van der Waals surface area contributed by atoms with Crippen molar-refractivity contribution in [3.8, 4) is 0 Å². The van der Waals surface area contributed by atoms with E-state index >= 15 is 0 Å². The Labute approximate surface area is 111 Å². The van der Waals surface area contributed by atoms with E-state index in [1.807, 2.05) is 6.20 Å². The van der Waals surface area contributed by atoms with Crippen molar-refractivity contribution in [2.45, 2.75) is 31.7 Å². The molecule has 0 radical (unpaired) electrons. The minimum Gasteiger partial charge on any atom is -0.353 e. The smallest absolute Gasteiger partial charge is 0.132 e. The molecule has 3 rings (SSSR count). The van der Waals surface area contributed by atoms with Crippen molar-refractivity contribution in [2.75, 3.05) is 24.5 Å². The van der Waals surface area contributed by atoms with Gasteiger partial charge < -0.3 is 10.2 Å². The Hall–Kier alpha value is -0.610. The Morgan fingerprint density at radius 3 is 3.00 bits per heavy atom. The molecule has 1 fully saturated rings. The van der Waals surface area contributed by atoms with Crippen LogP contribution >= 0.6 is 15.9 Å². The average Bonchev–Trinajstić information content (AvgIpc) is 2.39. The number of piperidine rings is 1. The van der Waals surface area contributed by atoms with Gasteiger partial charge in [0.2, 0.25) is 0 Å². The minimum atomic E-state index is 0.684. The monoisotopic (exact) mass is 295 g/mol. The third kappa shape index (κ3) is 2.33. The van der Waals surface area contributed by atoms with Crippen molar-refractivity contribution in [1.29, 1.82) is 0 Å². The van der Waals surface area contributed by atoms with Crippen LogP contribution in [0, 0.1) is 0 Å². The third-order valence-electron chi connectivity index (χ3n) is 3.78. The highest BCUT2D eigenvalue weighted by atomic mass is 79.9. The van der Waals surface area contributed by atoms with E-state index in [0.717, 1.165) is 17.6 Å². The summed E-state index contributed by atoms with van der Waals surface area (Å²) < 4.78 is 1.10. The molecule has 17 heavy (non-hydrogen) atoms. The predicted octanol–water partition coefficient (Wildman–Crippen LogP) is 2.35. The van der Waals surface area contributed by atoms with Gasteiger partial charge in [-0.25, -0.2) is 4.98 Å². The zero-order valence-corrected chi connectivity index (χ0v) is 11.5. The largest absolute Gasteiger partial charge is 0.353 e. The molecule has 1 aromatic rings. The van der Waals surface area contributed by atoms with Gasteiger partial charge in [0.15, 0.2) is 0 Å². The zero-order valence-electron chi connectivity index (χ0n) is 9.95. The normalized spacial score (nSPS) is 21.4. The number of pyridine rings is 1. The number of nitrogens with zero attached hydrogens (tertiary/aromatic N) is 2. The molecule has 0 aliphatic carbocycles. The first-order valence-electron chi connectivity index (χ1n) is 6.46. The van der Waals surface area contributed by atoms with Crippen LogP contribution in [-0.2, 0) is 6.42 Å². The molecule has 2 aliphatic heterocycles. The molecule has 0 atom stereocenters. The van der Waals surface area contributed by atoms with Gasteiger partial charge in [-0.15, -0.1) is 0 Å². The molecular weight excluding hydrogens is 278 g/mol. The number of hydrogen-bond acceptors (Lipinski definition) is 3. The molecule has 3 nitrogen and oxygen atoms in total. The first-order valence-corrected chi connectivity index (χ1v) is 7.26. The lowest BCUT2D eigenvalue weighted by Gasteiger charge is -2.39. The maximum Gasteiger partial charge on any atom is 0.132 e. The maximum absolute atomic E-state index is 4.63. The summed E-state index contributed by atoms with van der Waals surface area (Å²) in [5, 5.41) is 3.43. The molecule has 0 spiro atoms. The Balaban J connectivity index is 1.88. The van der Waals surface area contributed by atoms with E-state index in [0.29, 0.717) is 6.04 Å². The number of anilines is 1. The molecule has 0 saturated carbocycles. The van der Waals surface area contributed by atoms with E-state index in [2.05, 4.69) is 37.2 Å². The van der Waals surface area contributed by atoms with Crippen LogP contribution in [0.2, 0.25) is 0 Å². The van der Waals surface area contributed by atoms with E-state index in [1.165, 1.54) is 43.6 Å². The van der Waals surface area contributed by atoms with Gasteiger partial charge in [-0.3, -0.25) is 0 Å². The highest BCUT2D eigenvalue weighted by molar-refractivity contribution is 9.10. The number of halogens is 1. The van der Waals surface area contributed by atoms with E-state index in [4.69, 9.17) is 0 Å². The van der Waals surface area contributed by atoms with Crippen LogP contribution in [0.4, 0.5) is 5.82 Å². The summed E-state index contributed by atoms with van der Waals surface area (Å²) in [6.45, 7) is 3.46. The molecular formula is C13H18BrN3. The van der Waals surface area contributed by atoms with Gasteiger partial charge in [-0.2, -0.15) is 0 Å². The Bertz CT molecular complexity index is 402. The number of fused-ring (bicyclic) bond motifs is 1. The molecule has 1 N–H and O–H groups in total. The average molecular weight is 296 g/mol. The summed E-state index contributed by atoms with van der Waals surface area (Å²) in [7, 11) is 0. The second-order valence-electron chi connectivity index (χ2n) is 4.91. The molecule has 92 valence electrons. The van der Waals surface area contributed by atoms with Crippen molar-refractivity contribution in [3.63, 3.8) is 0 Å². The van der Waals surface area contributed by atoms with Gasteiger partial charge in [-0.05, 0) is 66.3 Å². The van der Waals surface area contributed by atoms with Crippen LogP contribution < -0.4 is 10.2 Å². The first kappa shape index (κ1) is 11.5. The summed E-state index contributed by atoms with van der Waals surface area (Å²) in [4.78, 5) is 7.17. The molecule has 2 aliphatic rings. The topological polar surface area (TPSA) is 28.2 Å². The van der Waals surface area contributed by atoms with Crippen LogP contribution in [0.1, 0.15) is 24.8 Å². The summed E-state index contributed by atoms with van der Waals surface area (Å²) in [6.07, 6.45) is 6.85. The van der Waals surface area contributed by atoms with E-state index in [1.54, 1.807) is 0 Å². The van der Waals surface area contributed by atoms with Gasteiger partial charge in [0.05, 0.1) is 0 Å². The fourth-order valence-corrected chi connectivity index (χ4v) is 3.31. The van der Waals surface area contributed by atoms with E-state index in [-0.39, 0.29) is 0 Å². The molecule has 1 aromatic heterocycles. The summed E-state index contributed by atoms with van der Waals surface area (Å²) in [5.74, 6) is 1.23. The van der Waals surface area contributed by atoms with Crippen LogP contribution in [0.3, 0.4) is 0 Å². The molecule has 0 unspecified atom stereocenters. The zero-order chi connectivity index (χ0) is 11.7. The summed E-state index contributed by atoms with van der Waals surface area (Å²) in [6, 6.07) is 2.92. The second kappa shape index (κ2) is 4.94. The van der Waals surface area contributed by atoms with Crippen LogP contribution in [0.15, 0.2) is 16.7 Å². The molecule has 0 amide bonds. The van der Waals surface area contributed by atoms with E-state index in [9.17, 15) is 0 Å². The van der Waals surface area contributed by atoms with Gasteiger partial charge in [0, 0.05) is 23.3 Å². The Morgan fingerprint density at radius 2 is 2.18 bits per heavy atom. The lowest BCUT2D eigenvalue weighted by molar-refractivity contribution is 0.419. The molecule has 0 bridgehead atoms. The Morgan fingerprint density at radius 1 is 1.35 bits per heavy atom. The quantitative estimate of drug-likeness (QED) is 0.862. The summed E-state index contributed by atoms with van der Waals surface area (Å²) >= 11 is 3.52. The number of hydrogen-bond donors (Lipinski definition) is 1. The lowest BCUT2D eigenvalue weighted by Crippen LogP contribution is -2.45. The number of nitrogens with one attached hydrogen (secondary N) is 1. The number of aromatic nitrogens is 1. The highest BCUT2D eigenvalue weighted by Crippen LogP contribution is 2.30. The third-order valence-corrected chi connectivity index (χ3v) is 4.21. The molecule has 4 heteroatoms. The standard InChI is InChI=1S/C13H18BrN3/c14-11-8-10-2-1-7-17(13(10)16-9-11)12-3-5-15-6-4-12/h8-9,12,15H,1-7H2. The van der Waals surface area contributed by atoms with Crippen molar-refractivity contribution < 1.29 is 0 Å². The molecule has 1 saturated heterocycles. The number of rotatable bonds is 1. The SMILES string of the molecule is Brc1cnc2c(c1)CCCN2C1CCNCC1. The second-order valence-corrected chi connectivity index (χ2v) is 5.83. The maximum atomic E-state index is 4.63. The molecule has 0 aromatic carbocycles. The summed E-state index contributed by atoms with van der Waals surface area (Å²) in [5.41, 5.74) is 1.41. The van der Waals surface area contributed by atoms with E-state index < -0.39 is 0 Å². The predicted molar refractivity (Wildman–Crippen MR) is 73.5 cm³/mol. The van der Waals surface area contributed by atoms with Crippen LogP contribution in [0.5, 0.6) is 0 Å². The highest BCUT2D eigenvalue weighted by Gasteiger charge is 2.26. The first-order chi connectivity index (χ1) is 8.34. The number of aryl methyl sites for hydroxylation is 1.